The Kier molecular flexibility index (Phi) is 7.03. The van der Waals surface area contributed by atoms with E-state index in [4.69, 9.17) is 0 Å². The smallest absolute Gasteiger partial charge is 0.385 e. The molecule has 2 N–H and O–H groups in total. The van der Waals surface area contributed by atoms with Crippen LogP contribution in [0, 0.1) is 5.92 Å². The van der Waals surface area contributed by atoms with Crippen molar-refractivity contribution in [3.63, 3.8) is 0 Å². The maximum absolute atomic E-state index is 13.7. The lowest BCUT2D eigenvalue weighted by Gasteiger charge is -2.29. The molecule has 2 aromatic rings. The van der Waals surface area contributed by atoms with Crippen LogP contribution in [0.2, 0.25) is 0 Å². The number of alkyl halides is 3. The van der Waals surface area contributed by atoms with E-state index in [0.29, 0.717) is 24.7 Å². The molecule has 3 nitrogen and oxygen atoms in total. The van der Waals surface area contributed by atoms with Gasteiger partial charge in [0, 0.05) is 46.7 Å². The van der Waals surface area contributed by atoms with Crippen molar-refractivity contribution in [3.05, 3.63) is 47.0 Å². The molecule has 2 aromatic carbocycles. The number of fused-ring (bicyclic) bond motifs is 3. The molecule has 1 saturated carbocycles. The second-order valence-electron chi connectivity index (χ2n) is 9.84. The standard InChI is InChI=1S/C27H34F3N3S/c1-2-10-31-11-4-12-32-23-15-20(27(28,29)30)16-26-22(23)14-19-7-8-21(17-25(19)34-26)33-13-9-18-5-3-6-24(18)33/h7-8,15-18,24,31-32H,2-6,9-14H2,1H3. The summed E-state index contributed by atoms with van der Waals surface area (Å²) >= 11 is 1.50. The van der Waals surface area contributed by atoms with E-state index in [9.17, 15) is 13.2 Å². The molecule has 0 spiro atoms. The maximum Gasteiger partial charge on any atom is 0.416 e. The average molecular weight is 490 g/mol. The number of nitrogens with one attached hydrogen (secondary N) is 2. The van der Waals surface area contributed by atoms with Crippen LogP contribution in [-0.4, -0.2) is 32.2 Å². The lowest BCUT2D eigenvalue weighted by atomic mass is 9.99. The molecule has 34 heavy (non-hydrogen) atoms. The van der Waals surface area contributed by atoms with Gasteiger partial charge in [-0.1, -0.05) is 31.2 Å². The molecule has 1 aliphatic carbocycles. The van der Waals surface area contributed by atoms with E-state index < -0.39 is 11.7 Å². The first-order valence-electron chi connectivity index (χ1n) is 12.7. The minimum atomic E-state index is -4.36. The van der Waals surface area contributed by atoms with Crippen molar-refractivity contribution >= 4 is 23.1 Å². The Balaban J connectivity index is 1.37. The summed E-state index contributed by atoms with van der Waals surface area (Å²) in [6.07, 6.45) is 3.41. The van der Waals surface area contributed by atoms with Gasteiger partial charge in [-0.2, -0.15) is 13.2 Å². The Bertz CT molecular complexity index is 1020. The summed E-state index contributed by atoms with van der Waals surface area (Å²) < 4.78 is 41.1. The number of rotatable bonds is 8. The fraction of sp³-hybridized carbons (Fsp3) is 0.556. The summed E-state index contributed by atoms with van der Waals surface area (Å²) in [5.41, 5.74) is 3.47. The van der Waals surface area contributed by atoms with Gasteiger partial charge >= 0.3 is 6.18 Å². The Morgan fingerprint density at radius 2 is 1.91 bits per heavy atom. The lowest BCUT2D eigenvalue weighted by molar-refractivity contribution is -0.137. The van der Waals surface area contributed by atoms with Gasteiger partial charge in [0.1, 0.15) is 0 Å². The summed E-state index contributed by atoms with van der Waals surface area (Å²) in [6, 6.07) is 9.91. The van der Waals surface area contributed by atoms with Crippen LogP contribution in [0.1, 0.15) is 62.1 Å². The third-order valence-electron chi connectivity index (χ3n) is 7.54. The van der Waals surface area contributed by atoms with E-state index in [-0.39, 0.29) is 0 Å². The van der Waals surface area contributed by atoms with E-state index in [2.05, 4.69) is 40.7 Å². The van der Waals surface area contributed by atoms with Crippen molar-refractivity contribution in [2.75, 3.05) is 36.4 Å². The molecule has 1 saturated heterocycles. The average Bonchev–Trinajstić information content (AvgIpc) is 3.43. The van der Waals surface area contributed by atoms with Crippen molar-refractivity contribution in [1.82, 2.24) is 5.32 Å². The minimum absolute atomic E-state index is 0.571. The molecule has 0 amide bonds. The molecular weight excluding hydrogens is 455 g/mol. The minimum Gasteiger partial charge on any atom is -0.385 e. The fourth-order valence-electron chi connectivity index (χ4n) is 5.81. The van der Waals surface area contributed by atoms with Gasteiger partial charge in [-0.05, 0) is 86.5 Å². The number of hydrogen-bond donors (Lipinski definition) is 2. The van der Waals surface area contributed by atoms with Gasteiger partial charge < -0.3 is 15.5 Å². The number of anilines is 2. The van der Waals surface area contributed by atoms with Crippen LogP contribution in [0.15, 0.2) is 40.1 Å². The van der Waals surface area contributed by atoms with Gasteiger partial charge in [-0.25, -0.2) is 0 Å². The van der Waals surface area contributed by atoms with Crippen molar-refractivity contribution in [2.45, 2.75) is 73.9 Å². The molecule has 7 heteroatoms. The second kappa shape index (κ2) is 10.0. The molecule has 0 bridgehead atoms. The SMILES string of the molecule is CCCNCCCNc1cc(C(F)(F)F)cc2c1Cc1ccc(N3CCC4CCCC43)cc1S2. The topological polar surface area (TPSA) is 27.3 Å². The molecule has 2 heterocycles. The van der Waals surface area contributed by atoms with Crippen LogP contribution in [0.3, 0.4) is 0 Å². The zero-order valence-electron chi connectivity index (χ0n) is 19.8. The Hall–Kier alpha value is -1.86. The Labute approximate surface area is 204 Å². The highest BCUT2D eigenvalue weighted by Gasteiger charge is 2.38. The summed E-state index contributed by atoms with van der Waals surface area (Å²) in [4.78, 5) is 4.37. The lowest BCUT2D eigenvalue weighted by Crippen LogP contribution is -2.29. The van der Waals surface area contributed by atoms with Gasteiger partial charge in [0.2, 0.25) is 0 Å². The molecule has 2 fully saturated rings. The van der Waals surface area contributed by atoms with E-state index in [1.54, 1.807) is 0 Å². The molecule has 3 aliphatic rings. The highest BCUT2D eigenvalue weighted by molar-refractivity contribution is 7.99. The molecule has 0 radical (unpaired) electrons. The van der Waals surface area contributed by atoms with Crippen molar-refractivity contribution in [2.24, 2.45) is 5.92 Å². The van der Waals surface area contributed by atoms with Crippen molar-refractivity contribution < 1.29 is 13.2 Å². The van der Waals surface area contributed by atoms with Crippen LogP contribution < -0.4 is 15.5 Å². The van der Waals surface area contributed by atoms with Crippen LogP contribution in [0.5, 0.6) is 0 Å². The van der Waals surface area contributed by atoms with E-state index in [0.717, 1.165) is 53.7 Å². The molecule has 0 aromatic heterocycles. The Morgan fingerprint density at radius 1 is 1.03 bits per heavy atom. The van der Waals surface area contributed by atoms with Gasteiger partial charge in [0.15, 0.2) is 0 Å². The molecule has 184 valence electrons. The van der Waals surface area contributed by atoms with Crippen molar-refractivity contribution in [1.29, 1.82) is 0 Å². The fourth-order valence-corrected chi connectivity index (χ4v) is 6.98. The highest BCUT2D eigenvalue weighted by atomic mass is 32.2. The Morgan fingerprint density at radius 3 is 2.74 bits per heavy atom. The first-order valence-corrected chi connectivity index (χ1v) is 13.5. The predicted molar refractivity (Wildman–Crippen MR) is 134 cm³/mol. The zero-order chi connectivity index (χ0) is 23.7. The largest absolute Gasteiger partial charge is 0.416 e. The normalized spacial score (nSPS) is 21.4. The molecular formula is C27H34F3N3S. The summed E-state index contributed by atoms with van der Waals surface area (Å²) in [6.45, 7) is 5.69. The number of nitrogens with zero attached hydrogens (tertiary/aromatic N) is 1. The van der Waals surface area contributed by atoms with Gasteiger partial charge in [0.05, 0.1) is 5.56 Å². The van der Waals surface area contributed by atoms with Crippen LogP contribution in [0.25, 0.3) is 0 Å². The van der Waals surface area contributed by atoms with Crippen LogP contribution in [0.4, 0.5) is 24.5 Å². The highest BCUT2D eigenvalue weighted by Crippen LogP contribution is 2.47. The van der Waals surface area contributed by atoms with Crippen LogP contribution >= 0.6 is 11.8 Å². The number of benzene rings is 2. The number of halogens is 3. The second-order valence-corrected chi connectivity index (χ2v) is 10.9. The molecule has 2 atom stereocenters. The molecule has 5 rings (SSSR count). The van der Waals surface area contributed by atoms with Gasteiger partial charge in [0.25, 0.3) is 0 Å². The third-order valence-corrected chi connectivity index (χ3v) is 8.72. The van der Waals surface area contributed by atoms with Crippen LogP contribution in [-0.2, 0) is 12.6 Å². The maximum atomic E-state index is 13.7. The van der Waals surface area contributed by atoms with E-state index >= 15 is 0 Å². The predicted octanol–water partition coefficient (Wildman–Crippen LogP) is 6.94. The first kappa shape index (κ1) is 23.9. The molecule has 2 aliphatic heterocycles. The zero-order valence-corrected chi connectivity index (χ0v) is 20.6. The summed E-state index contributed by atoms with van der Waals surface area (Å²) in [7, 11) is 0. The van der Waals surface area contributed by atoms with Gasteiger partial charge in [-0.3, -0.25) is 0 Å². The van der Waals surface area contributed by atoms with Crippen molar-refractivity contribution in [3.8, 4) is 0 Å². The third kappa shape index (κ3) is 4.92. The quantitative estimate of drug-likeness (QED) is 0.335. The van der Waals surface area contributed by atoms with E-state index in [1.807, 2.05) is 0 Å². The first-order chi connectivity index (χ1) is 16.4. The number of hydrogen-bond acceptors (Lipinski definition) is 4. The summed E-state index contributed by atoms with van der Waals surface area (Å²) in [5.74, 6) is 0.810. The van der Waals surface area contributed by atoms with E-state index in [1.165, 1.54) is 60.8 Å². The molecule has 2 unspecified atom stereocenters. The van der Waals surface area contributed by atoms with Gasteiger partial charge in [-0.15, -0.1) is 0 Å². The summed E-state index contributed by atoms with van der Waals surface area (Å²) in [5, 5.41) is 6.66. The monoisotopic (exact) mass is 489 g/mol.